The summed E-state index contributed by atoms with van der Waals surface area (Å²) in [6.07, 6.45) is 4.75. The molecule has 7 aromatic rings. The molecule has 0 saturated carbocycles. The van der Waals surface area contributed by atoms with E-state index in [9.17, 15) is 18.8 Å². The van der Waals surface area contributed by atoms with Gasteiger partial charge in [0.25, 0.3) is 17.2 Å². The molecule has 0 radical (unpaired) electrons. The minimum atomic E-state index is -0.658. The Morgan fingerprint density at radius 3 is 2.28 bits per heavy atom. The smallest absolute Gasteiger partial charge is 0.292 e. The van der Waals surface area contributed by atoms with Gasteiger partial charge in [-0.25, -0.2) is 9.37 Å². The van der Waals surface area contributed by atoms with Gasteiger partial charge in [-0.05, 0) is 42.2 Å². The van der Waals surface area contributed by atoms with Crippen LogP contribution in [0.2, 0.25) is 0 Å². The van der Waals surface area contributed by atoms with Crippen LogP contribution in [0.25, 0.3) is 44.7 Å². The highest BCUT2D eigenvalue weighted by atomic mass is 19.1. The zero-order valence-corrected chi connectivity index (χ0v) is 31.1. The lowest BCUT2D eigenvalue weighted by Gasteiger charge is -2.08. The average molecular weight is 776 g/mol. The molecule has 0 aliphatic carbocycles. The number of nitrogen functional groups attached to an aromatic ring is 1. The number of nitrogens with zero attached hydrogens (tertiary/aromatic N) is 5. The quantitative estimate of drug-likeness (QED) is 0.0477. The fourth-order valence-corrected chi connectivity index (χ4v) is 6.41. The van der Waals surface area contributed by atoms with Crippen molar-refractivity contribution in [1.29, 1.82) is 0 Å². The van der Waals surface area contributed by atoms with E-state index in [0.717, 1.165) is 16.6 Å². The number of aryl methyl sites for hydroxylation is 1. The molecule has 15 nitrogen and oxygen atoms in total. The Labute approximate surface area is 326 Å². The molecule has 57 heavy (non-hydrogen) atoms. The Bertz CT molecular complexity index is 2510. The number of benzene rings is 3. The normalized spacial score (nSPS) is 11.5. The lowest BCUT2D eigenvalue weighted by molar-refractivity contribution is -0.117. The van der Waals surface area contributed by atoms with Gasteiger partial charge in [0, 0.05) is 43.4 Å². The zero-order chi connectivity index (χ0) is 39.6. The van der Waals surface area contributed by atoms with Crippen LogP contribution >= 0.6 is 0 Å². The van der Waals surface area contributed by atoms with E-state index in [2.05, 4.69) is 30.4 Å². The summed E-state index contributed by atoms with van der Waals surface area (Å²) in [5.74, 6) is -1.13. The number of hydrogen-bond donors (Lipinski definition) is 4. The molecule has 7 rings (SSSR count). The summed E-state index contributed by atoms with van der Waals surface area (Å²) in [6, 6.07) is 23.0. The summed E-state index contributed by atoms with van der Waals surface area (Å²) >= 11 is 0. The lowest BCUT2D eigenvalue weighted by atomic mass is 10.0. The highest BCUT2D eigenvalue weighted by Gasteiger charge is 2.25. The summed E-state index contributed by atoms with van der Waals surface area (Å²) in [5, 5.41) is 7.89. The average Bonchev–Trinajstić information content (AvgIpc) is 3.95. The van der Waals surface area contributed by atoms with Gasteiger partial charge in [-0.3, -0.25) is 24.0 Å². The van der Waals surface area contributed by atoms with E-state index in [1.807, 2.05) is 60.8 Å². The maximum atomic E-state index is 13.5. The van der Waals surface area contributed by atoms with Crippen LogP contribution in [0.5, 0.6) is 0 Å². The number of nitrogens with two attached hydrogens (primary N) is 1. The molecule has 0 spiro atoms. The van der Waals surface area contributed by atoms with E-state index in [1.54, 1.807) is 27.6 Å². The number of carbonyl (C=O) groups is 2. The molecule has 16 heteroatoms. The number of nitrogens with one attached hydrogen (secondary N) is 3. The van der Waals surface area contributed by atoms with Gasteiger partial charge < -0.3 is 34.8 Å². The standard InChI is InChI=1S/C41H42FN9O6/c42-30-14-12-27(13-15-30)25-51-37(47-35-38(51)48-41(43)49-39(35)53)29-24-45-50(26-29)17-7-19-56-21-23-57-22-20-55-18-6-16-44-40(54)36(52)33-31-10-4-5-11-32(31)46-34(33)28-8-2-1-3-9-28/h1-5,8-15,24,26,46H,6-7,16-23,25H2,(H,44,54)(H3,43,48,49,53). The number of Topliss-reactive ketones (excluding diaryl/α,β-unsaturated/α-hetero) is 1. The second kappa shape index (κ2) is 18.4. The van der Waals surface area contributed by atoms with Crippen molar-refractivity contribution in [2.24, 2.45) is 0 Å². The number of ether oxygens (including phenoxy) is 3. The summed E-state index contributed by atoms with van der Waals surface area (Å²) in [7, 11) is 0. The van der Waals surface area contributed by atoms with E-state index in [-0.39, 0.29) is 17.3 Å². The van der Waals surface area contributed by atoms with Crippen molar-refractivity contribution in [3.8, 4) is 22.6 Å². The van der Waals surface area contributed by atoms with E-state index < -0.39 is 17.2 Å². The number of aromatic nitrogens is 7. The molecule has 294 valence electrons. The Hall–Kier alpha value is -6.49. The van der Waals surface area contributed by atoms with Gasteiger partial charge in [0.15, 0.2) is 11.2 Å². The van der Waals surface area contributed by atoms with Crippen LogP contribution in [0.1, 0.15) is 28.8 Å². The molecular formula is C41H42FN9O6. The fourth-order valence-electron chi connectivity index (χ4n) is 6.41. The van der Waals surface area contributed by atoms with E-state index in [4.69, 9.17) is 19.9 Å². The maximum absolute atomic E-state index is 13.5. The number of aromatic amines is 2. The topological polar surface area (TPSA) is 197 Å². The number of amides is 1. The minimum Gasteiger partial charge on any atom is -0.379 e. The third kappa shape index (κ3) is 9.49. The number of imidazole rings is 1. The van der Waals surface area contributed by atoms with Crippen LogP contribution in [0.15, 0.2) is 96.1 Å². The number of anilines is 1. The fraction of sp³-hybridized carbons (Fsp3) is 0.268. The van der Waals surface area contributed by atoms with Crippen molar-refractivity contribution in [1.82, 2.24) is 39.6 Å². The molecule has 0 bridgehead atoms. The molecule has 0 aliphatic rings. The van der Waals surface area contributed by atoms with Gasteiger partial charge in [0.1, 0.15) is 11.6 Å². The highest BCUT2D eigenvalue weighted by Crippen LogP contribution is 2.31. The number of hydrogen-bond acceptors (Lipinski definition) is 10. The van der Waals surface area contributed by atoms with Crippen LogP contribution in [0, 0.1) is 5.82 Å². The summed E-state index contributed by atoms with van der Waals surface area (Å²) in [6.45, 7) is 3.70. The van der Waals surface area contributed by atoms with Crippen LogP contribution in [0.4, 0.5) is 10.3 Å². The molecule has 0 fully saturated rings. The lowest BCUT2D eigenvalue weighted by Crippen LogP contribution is -2.32. The molecule has 0 unspecified atom stereocenters. The van der Waals surface area contributed by atoms with Gasteiger partial charge in [0.2, 0.25) is 5.95 Å². The summed E-state index contributed by atoms with van der Waals surface area (Å²) < 4.78 is 34.0. The molecule has 5 N–H and O–H groups in total. The van der Waals surface area contributed by atoms with Crippen molar-refractivity contribution in [2.75, 3.05) is 51.9 Å². The monoisotopic (exact) mass is 775 g/mol. The number of rotatable bonds is 20. The summed E-state index contributed by atoms with van der Waals surface area (Å²) in [4.78, 5) is 53.4. The SMILES string of the molecule is Nc1nc2c(nc(-c3cnn(CCCOCCOCCOCCCNC(=O)C(=O)c4c(-c5ccccc5)[nH]c5ccccc45)c3)n2Cc2ccc(F)cc2)c(=O)[nH]1. The first-order valence-corrected chi connectivity index (χ1v) is 18.6. The molecule has 0 aliphatic heterocycles. The third-order valence-electron chi connectivity index (χ3n) is 9.14. The minimum absolute atomic E-state index is 0.0277. The first-order valence-electron chi connectivity index (χ1n) is 18.6. The van der Waals surface area contributed by atoms with Crippen molar-refractivity contribution >= 4 is 39.7 Å². The number of para-hydroxylation sites is 1. The number of carbonyl (C=O) groups excluding carboxylic acids is 2. The Kier molecular flexibility index (Phi) is 12.5. The first kappa shape index (κ1) is 38.8. The largest absolute Gasteiger partial charge is 0.379 e. The summed E-state index contributed by atoms with van der Waals surface area (Å²) in [5.41, 5.74) is 9.93. The third-order valence-corrected chi connectivity index (χ3v) is 9.14. The first-order chi connectivity index (χ1) is 27.9. The Morgan fingerprint density at radius 1 is 0.807 bits per heavy atom. The van der Waals surface area contributed by atoms with Gasteiger partial charge in [-0.1, -0.05) is 60.7 Å². The molecule has 3 aromatic carbocycles. The zero-order valence-electron chi connectivity index (χ0n) is 31.1. The van der Waals surface area contributed by atoms with Crippen LogP contribution in [-0.2, 0) is 32.1 Å². The highest BCUT2D eigenvalue weighted by molar-refractivity contribution is 6.46. The maximum Gasteiger partial charge on any atom is 0.292 e. The van der Waals surface area contributed by atoms with Crippen molar-refractivity contribution in [2.45, 2.75) is 25.9 Å². The Balaban J connectivity index is 0.770. The van der Waals surface area contributed by atoms with E-state index in [0.29, 0.717) is 106 Å². The number of fused-ring (bicyclic) bond motifs is 2. The predicted octanol–water partition coefficient (Wildman–Crippen LogP) is 4.73. The second-order valence-corrected chi connectivity index (χ2v) is 13.2. The van der Waals surface area contributed by atoms with Gasteiger partial charge in [0.05, 0.1) is 56.0 Å². The molecular weight excluding hydrogens is 734 g/mol. The number of halogens is 1. The van der Waals surface area contributed by atoms with Gasteiger partial charge >= 0.3 is 0 Å². The van der Waals surface area contributed by atoms with E-state index in [1.165, 1.54) is 12.1 Å². The molecule has 4 heterocycles. The van der Waals surface area contributed by atoms with Gasteiger partial charge in [-0.2, -0.15) is 10.1 Å². The molecule has 0 saturated heterocycles. The van der Waals surface area contributed by atoms with E-state index >= 15 is 0 Å². The molecule has 0 atom stereocenters. The van der Waals surface area contributed by atoms with Crippen LogP contribution in [-0.4, -0.2) is 92.2 Å². The molecule has 4 aromatic heterocycles. The van der Waals surface area contributed by atoms with Crippen LogP contribution in [0.3, 0.4) is 0 Å². The van der Waals surface area contributed by atoms with Crippen molar-refractivity contribution in [3.05, 3.63) is 119 Å². The van der Waals surface area contributed by atoms with Crippen molar-refractivity contribution in [3.63, 3.8) is 0 Å². The second-order valence-electron chi connectivity index (χ2n) is 13.2. The number of H-pyrrole nitrogens is 2. The van der Waals surface area contributed by atoms with Crippen LogP contribution < -0.4 is 16.6 Å². The molecule has 1 amide bonds. The Morgan fingerprint density at radius 2 is 1.51 bits per heavy atom. The van der Waals surface area contributed by atoms with Crippen molar-refractivity contribution < 1.29 is 28.2 Å². The number of ketones is 1. The van der Waals surface area contributed by atoms with Gasteiger partial charge in [-0.15, -0.1) is 0 Å². The predicted molar refractivity (Wildman–Crippen MR) is 212 cm³/mol.